The lowest BCUT2D eigenvalue weighted by molar-refractivity contribution is 0.663. The highest BCUT2D eigenvalue weighted by Crippen LogP contribution is 2.23. The second kappa shape index (κ2) is 5.58. The Balaban J connectivity index is 2.53. The maximum Gasteiger partial charge on any atom is 0.0409 e. The zero-order valence-electron chi connectivity index (χ0n) is 7.88. The van der Waals surface area contributed by atoms with E-state index in [1.165, 1.54) is 9.35 Å². The third-order valence-corrected chi connectivity index (χ3v) is 3.54. The highest BCUT2D eigenvalue weighted by molar-refractivity contribution is 9.10. The van der Waals surface area contributed by atoms with Crippen LogP contribution in [-0.2, 0) is 0 Å². The number of hydrogen-bond donors (Lipinski definition) is 1. The molecule has 72 valence electrons. The summed E-state index contributed by atoms with van der Waals surface area (Å²) < 4.78 is 1.18. The molecule has 0 aliphatic carbocycles. The molecule has 0 bridgehead atoms. The molecule has 1 unspecified atom stereocenters. The molecule has 0 aliphatic rings. The number of rotatable bonds is 4. The summed E-state index contributed by atoms with van der Waals surface area (Å²) in [6, 6.07) is 2.52. The first-order chi connectivity index (χ1) is 6.24. The van der Waals surface area contributed by atoms with Crippen LogP contribution in [0.2, 0.25) is 0 Å². The summed E-state index contributed by atoms with van der Waals surface area (Å²) in [5.41, 5.74) is 0. The standard InChI is InChI=1S/C10H14BrNS/c1-3-12-8(2)4-5-10-9(11)6-7-13-10/h4-8,12H,3H2,1-2H3/b5-4+. The van der Waals surface area contributed by atoms with E-state index < -0.39 is 0 Å². The second-order valence-corrected chi connectivity index (χ2v) is 4.64. The van der Waals surface area contributed by atoms with Crippen molar-refractivity contribution in [2.24, 2.45) is 0 Å². The molecule has 13 heavy (non-hydrogen) atoms. The van der Waals surface area contributed by atoms with Crippen LogP contribution in [0.4, 0.5) is 0 Å². The smallest absolute Gasteiger partial charge is 0.0409 e. The van der Waals surface area contributed by atoms with Crippen LogP contribution in [-0.4, -0.2) is 12.6 Å². The van der Waals surface area contributed by atoms with Crippen LogP contribution in [0.15, 0.2) is 22.0 Å². The van der Waals surface area contributed by atoms with Gasteiger partial charge in [0.2, 0.25) is 0 Å². The van der Waals surface area contributed by atoms with Gasteiger partial charge in [0.15, 0.2) is 0 Å². The van der Waals surface area contributed by atoms with Crippen LogP contribution in [0.5, 0.6) is 0 Å². The molecule has 0 saturated carbocycles. The molecule has 1 aromatic rings. The molecule has 1 aromatic heterocycles. The zero-order chi connectivity index (χ0) is 9.68. The number of nitrogens with one attached hydrogen (secondary N) is 1. The number of hydrogen-bond acceptors (Lipinski definition) is 2. The largest absolute Gasteiger partial charge is 0.311 e. The average molecular weight is 260 g/mol. The maximum absolute atomic E-state index is 3.49. The topological polar surface area (TPSA) is 12.0 Å². The molecule has 0 fully saturated rings. The van der Waals surface area contributed by atoms with E-state index in [9.17, 15) is 0 Å². The van der Waals surface area contributed by atoms with Crippen LogP contribution in [0.3, 0.4) is 0 Å². The molecule has 1 N–H and O–H groups in total. The molecule has 1 rings (SSSR count). The van der Waals surface area contributed by atoms with Gasteiger partial charge < -0.3 is 5.32 Å². The Morgan fingerprint density at radius 2 is 2.46 bits per heavy atom. The van der Waals surface area contributed by atoms with Gasteiger partial charge in [0.05, 0.1) is 0 Å². The van der Waals surface area contributed by atoms with E-state index in [2.05, 4.69) is 58.7 Å². The van der Waals surface area contributed by atoms with Crippen molar-refractivity contribution >= 4 is 33.3 Å². The molecule has 0 saturated heterocycles. The van der Waals surface area contributed by atoms with E-state index in [0.29, 0.717) is 6.04 Å². The normalized spacial score (nSPS) is 13.8. The third kappa shape index (κ3) is 3.63. The van der Waals surface area contributed by atoms with E-state index >= 15 is 0 Å². The van der Waals surface area contributed by atoms with Gasteiger partial charge in [0, 0.05) is 15.4 Å². The number of likely N-dealkylation sites (N-methyl/N-ethyl adjacent to an activating group) is 1. The SMILES string of the molecule is CCNC(C)/C=C/c1sccc1Br. The van der Waals surface area contributed by atoms with Gasteiger partial charge in [-0.05, 0) is 46.9 Å². The quantitative estimate of drug-likeness (QED) is 0.873. The van der Waals surface area contributed by atoms with E-state index in [4.69, 9.17) is 0 Å². The lowest BCUT2D eigenvalue weighted by Crippen LogP contribution is -2.22. The molecule has 1 atom stereocenters. The first kappa shape index (κ1) is 11.0. The fourth-order valence-corrected chi connectivity index (χ4v) is 2.45. The van der Waals surface area contributed by atoms with Gasteiger partial charge in [-0.2, -0.15) is 0 Å². The Morgan fingerprint density at radius 1 is 1.69 bits per heavy atom. The van der Waals surface area contributed by atoms with Crippen molar-refractivity contribution in [2.45, 2.75) is 19.9 Å². The Kier molecular flexibility index (Phi) is 4.70. The molecule has 1 nitrogen and oxygen atoms in total. The predicted molar refractivity (Wildman–Crippen MR) is 64.2 cm³/mol. The van der Waals surface area contributed by atoms with Crippen LogP contribution >= 0.6 is 27.3 Å². The summed E-state index contributed by atoms with van der Waals surface area (Å²) >= 11 is 5.24. The van der Waals surface area contributed by atoms with Crippen molar-refractivity contribution in [3.05, 3.63) is 26.9 Å². The van der Waals surface area contributed by atoms with Crippen molar-refractivity contribution < 1.29 is 0 Å². The highest BCUT2D eigenvalue weighted by atomic mass is 79.9. The van der Waals surface area contributed by atoms with Crippen molar-refractivity contribution in [2.75, 3.05) is 6.54 Å². The molecule has 0 amide bonds. The van der Waals surface area contributed by atoms with Crippen molar-refractivity contribution in [1.82, 2.24) is 5.32 Å². The Labute approximate surface area is 92.0 Å². The first-order valence-electron chi connectivity index (χ1n) is 4.38. The average Bonchev–Trinajstić information content (AvgIpc) is 2.48. The minimum atomic E-state index is 0.444. The summed E-state index contributed by atoms with van der Waals surface area (Å²) in [6.45, 7) is 5.28. The number of halogens is 1. The molecule has 1 heterocycles. The van der Waals surface area contributed by atoms with Gasteiger partial charge in [-0.25, -0.2) is 0 Å². The van der Waals surface area contributed by atoms with Gasteiger partial charge in [-0.1, -0.05) is 13.0 Å². The van der Waals surface area contributed by atoms with E-state index in [1.807, 2.05) is 0 Å². The molecule has 0 radical (unpaired) electrons. The van der Waals surface area contributed by atoms with Gasteiger partial charge in [-0.3, -0.25) is 0 Å². The molecule has 0 aromatic carbocycles. The van der Waals surface area contributed by atoms with E-state index in [0.717, 1.165) is 6.54 Å². The predicted octanol–water partition coefficient (Wildman–Crippen LogP) is 3.52. The lowest BCUT2D eigenvalue weighted by atomic mass is 10.3. The Hall–Kier alpha value is -0.120. The lowest BCUT2D eigenvalue weighted by Gasteiger charge is -2.04. The monoisotopic (exact) mass is 259 g/mol. The molecular weight excluding hydrogens is 246 g/mol. The minimum absolute atomic E-state index is 0.444. The summed E-state index contributed by atoms with van der Waals surface area (Å²) in [5.74, 6) is 0. The van der Waals surface area contributed by atoms with E-state index in [-0.39, 0.29) is 0 Å². The summed E-state index contributed by atoms with van der Waals surface area (Å²) in [4.78, 5) is 1.28. The van der Waals surface area contributed by atoms with Gasteiger partial charge in [0.1, 0.15) is 0 Å². The van der Waals surface area contributed by atoms with Gasteiger partial charge in [0.25, 0.3) is 0 Å². The maximum atomic E-state index is 3.49. The highest BCUT2D eigenvalue weighted by Gasteiger charge is 1.97. The van der Waals surface area contributed by atoms with Crippen molar-refractivity contribution in [1.29, 1.82) is 0 Å². The fraction of sp³-hybridized carbons (Fsp3) is 0.400. The van der Waals surface area contributed by atoms with Crippen LogP contribution < -0.4 is 5.32 Å². The molecule has 0 aliphatic heterocycles. The Bertz CT molecular complexity index is 280. The molecule has 0 spiro atoms. The first-order valence-corrected chi connectivity index (χ1v) is 6.06. The number of thiophene rings is 1. The molecule has 3 heteroatoms. The van der Waals surface area contributed by atoms with Crippen molar-refractivity contribution in [3.8, 4) is 0 Å². The Morgan fingerprint density at radius 3 is 3.00 bits per heavy atom. The second-order valence-electron chi connectivity index (χ2n) is 2.84. The minimum Gasteiger partial charge on any atom is -0.311 e. The van der Waals surface area contributed by atoms with E-state index in [1.54, 1.807) is 11.3 Å². The van der Waals surface area contributed by atoms with Crippen molar-refractivity contribution in [3.63, 3.8) is 0 Å². The van der Waals surface area contributed by atoms with Crippen LogP contribution in [0, 0.1) is 0 Å². The zero-order valence-corrected chi connectivity index (χ0v) is 10.3. The summed E-state index contributed by atoms with van der Waals surface area (Å²) in [5, 5.41) is 5.41. The summed E-state index contributed by atoms with van der Waals surface area (Å²) in [6.07, 6.45) is 4.34. The third-order valence-electron chi connectivity index (χ3n) is 1.71. The van der Waals surface area contributed by atoms with Gasteiger partial charge >= 0.3 is 0 Å². The van der Waals surface area contributed by atoms with Gasteiger partial charge in [-0.15, -0.1) is 11.3 Å². The fourth-order valence-electron chi connectivity index (χ4n) is 1.05. The summed E-state index contributed by atoms with van der Waals surface area (Å²) in [7, 11) is 0. The van der Waals surface area contributed by atoms with Crippen LogP contribution in [0.1, 0.15) is 18.7 Å². The van der Waals surface area contributed by atoms with Crippen LogP contribution in [0.25, 0.3) is 6.08 Å². The molecular formula is C10H14BrNS.